The van der Waals surface area contributed by atoms with E-state index in [-0.39, 0.29) is 10.7 Å². The average Bonchev–Trinajstić information content (AvgIpc) is 2.20. The molecule has 1 N–H and O–H groups in total. The van der Waals surface area contributed by atoms with E-state index in [2.05, 4.69) is 0 Å². The Hall–Kier alpha value is -2.37. The highest BCUT2D eigenvalue weighted by Crippen LogP contribution is 2.16. The lowest BCUT2D eigenvalue weighted by molar-refractivity contribution is -0.483. The van der Waals surface area contributed by atoms with Gasteiger partial charge in [-0.1, -0.05) is 24.3 Å². The van der Waals surface area contributed by atoms with Crippen molar-refractivity contribution in [2.45, 2.75) is 6.92 Å². The van der Waals surface area contributed by atoms with E-state index in [1.54, 1.807) is 18.2 Å². The molecule has 0 heterocycles. The van der Waals surface area contributed by atoms with Crippen molar-refractivity contribution < 1.29 is 14.9 Å². The Morgan fingerprint density at radius 2 is 2.00 bits per heavy atom. The predicted octanol–water partition coefficient (Wildman–Crippen LogP) is 2.40. The lowest BCUT2D eigenvalue weighted by Gasteiger charge is -2.07. The van der Waals surface area contributed by atoms with E-state index in [0.29, 0.717) is 0 Å². The number of allylic oxidation sites excluding steroid dienone is 1. The maximum absolute atomic E-state index is 10.6. The van der Waals surface area contributed by atoms with Crippen molar-refractivity contribution in [3.05, 3.63) is 46.0 Å². The maximum Gasteiger partial charge on any atom is 0.470 e. The highest BCUT2D eigenvalue weighted by atomic mass is 16.7. The minimum Gasteiger partial charge on any atom is -0.461 e. The average molecular weight is 222 g/mol. The molecule has 6 heteroatoms. The van der Waals surface area contributed by atoms with Gasteiger partial charge in [0.25, 0.3) is 0 Å². The van der Waals surface area contributed by atoms with E-state index in [9.17, 15) is 14.9 Å². The van der Waals surface area contributed by atoms with Crippen LogP contribution in [0.1, 0.15) is 12.5 Å². The summed E-state index contributed by atoms with van der Waals surface area (Å²) < 4.78 is 0. The Morgan fingerprint density at radius 1 is 1.44 bits per heavy atom. The normalized spacial score (nSPS) is 10.3. The van der Waals surface area contributed by atoms with E-state index in [0.717, 1.165) is 5.56 Å². The minimum atomic E-state index is -1.62. The molecule has 0 unspecified atom stereocenters. The fourth-order valence-corrected chi connectivity index (χ4v) is 1.19. The van der Waals surface area contributed by atoms with Crippen molar-refractivity contribution in [1.82, 2.24) is 0 Å². The van der Waals surface area contributed by atoms with Gasteiger partial charge in [-0.3, -0.25) is 0 Å². The van der Waals surface area contributed by atoms with Gasteiger partial charge >= 0.3 is 6.09 Å². The monoisotopic (exact) mass is 222 g/mol. The zero-order chi connectivity index (χ0) is 12.1. The van der Waals surface area contributed by atoms with Gasteiger partial charge in [-0.25, -0.2) is 14.9 Å². The van der Waals surface area contributed by atoms with Crippen molar-refractivity contribution in [2.24, 2.45) is 0 Å². The van der Waals surface area contributed by atoms with Crippen LogP contribution in [0.15, 0.2) is 30.3 Å². The lowest BCUT2D eigenvalue weighted by Crippen LogP contribution is -2.34. The van der Waals surface area contributed by atoms with Crippen molar-refractivity contribution in [2.75, 3.05) is 5.01 Å². The van der Waals surface area contributed by atoms with Gasteiger partial charge in [0, 0.05) is 5.01 Å². The summed E-state index contributed by atoms with van der Waals surface area (Å²) in [7, 11) is 0. The van der Waals surface area contributed by atoms with Gasteiger partial charge in [0.15, 0.2) is 5.03 Å². The van der Waals surface area contributed by atoms with Gasteiger partial charge in [0.05, 0.1) is 0 Å². The second kappa shape index (κ2) is 4.92. The molecule has 1 amide bonds. The molecule has 16 heavy (non-hydrogen) atoms. The Morgan fingerprint density at radius 3 is 2.38 bits per heavy atom. The number of carboxylic acid groups (broad SMARTS) is 1. The van der Waals surface area contributed by atoms with E-state index in [1.165, 1.54) is 12.1 Å². The summed E-state index contributed by atoms with van der Waals surface area (Å²) in [5.41, 5.74) is 0.852. The fraction of sp³-hybridized carbons (Fsp3) is 0.100. The molecule has 0 aliphatic rings. The van der Waals surface area contributed by atoms with Crippen LogP contribution in [0, 0.1) is 10.1 Å². The van der Waals surface area contributed by atoms with Crippen LogP contribution in [0.25, 0.3) is 6.08 Å². The first kappa shape index (κ1) is 11.7. The molecule has 0 saturated heterocycles. The van der Waals surface area contributed by atoms with Gasteiger partial charge in [-0.05, 0) is 24.6 Å². The van der Waals surface area contributed by atoms with Crippen LogP contribution in [0.5, 0.6) is 0 Å². The van der Waals surface area contributed by atoms with E-state index in [4.69, 9.17) is 5.11 Å². The topological polar surface area (TPSA) is 83.7 Å². The lowest BCUT2D eigenvalue weighted by atomic mass is 10.2. The maximum atomic E-state index is 10.6. The number of amides is 1. The number of hydrazine groups is 1. The first-order valence-corrected chi connectivity index (χ1v) is 4.46. The molecular formula is C10H10N2O4. The highest BCUT2D eigenvalue weighted by molar-refractivity contribution is 5.83. The summed E-state index contributed by atoms with van der Waals surface area (Å²) in [6.07, 6.45) is 2.00. The van der Waals surface area contributed by atoms with Crippen LogP contribution in [0.4, 0.5) is 10.5 Å². The molecule has 1 aromatic carbocycles. The van der Waals surface area contributed by atoms with Gasteiger partial charge in [-0.2, -0.15) is 0 Å². The number of nitro groups is 1. The number of nitrogens with zero attached hydrogens (tertiary/aromatic N) is 2. The van der Waals surface area contributed by atoms with Gasteiger partial charge in [0.2, 0.25) is 0 Å². The standard InChI is InChI=1S/C10H10N2O4/c1-2-3-8-4-6-9(7-5-8)11(10(13)14)12(15)16/h2-7H,1H3,(H,13,14)/b3-2+. The molecule has 0 bridgehead atoms. The minimum absolute atomic E-state index is 0.00533. The Kier molecular flexibility index (Phi) is 3.60. The van der Waals surface area contributed by atoms with Crippen LogP contribution < -0.4 is 5.01 Å². The second-order valence-corrected chi connectivity index (χ2v) is 2.92. The molecule has 0 fully saturated rings. The molecule has 0 aliphatic carbocycles. The van der Waals surface area contributed by atoms with E-state index >= 15 is 0 Å². The van der Waals surface area contributed by atoms with Gasteiger partial charge in [-0.15, -0.1) is 0 Å². The third-order valence-corrected chi connectivity index (χ3v) is 1.84. The zero-order valence-corrected chi connectivity index (χ0v) is 8.53. The quantitative estimate of drug-likeness (QED) is 0.628. The van der Waals surface area contributed by atoms with Crippen molar-refractivity contribution in [3.63, 3.8) is 0 Å². The molecule has 0 aromatic heterocycles. The van der Waals surface area contributed by atoms with Crippen LogP contribution in [0.2, 0.25) is 0 Å². The van der Waals surface area contributed by atoms with Crippen LogP contribution >= 0.6 is 0 Å². The molecule has 1 rings (SSSR count). The third-order valence-electron chi connectivity index (χ3n) is 1.84. The molecule has 84 valence electrons. The van der Waals surface area contributed by atoms with Gasteiger partial charge < -0.3 is 5.11 Å². The Labute approximate surface area is 91.5 Å². The molecule has 0 radical (unpaired) electrons. The summed E-state index contributed by atoms with van der Waals surface area (Å²) in [4.78, 5) is 21.1. The molecule has 0 spiro atoms. The summed E-state index contributed by atoms with van der Waals surface area (Å²) >= 11 is 0. The highest BCUT2D eigenvalue weighted by Gasteiger charge is 2.25. The fourth-order valence-electron chi connectivity index (χ4n) is 1.19. The van der Waals surface area contributed by atoms with Crippen molar-refractivity contribution in [3.8, 4) is 0 Å². The van der Waals surface area contributed by atoms with E-state index < -0.39 is 11.1 Å². The first-order valence-electron chi connectivity index (χ1n) is 4.46. The number of hydrogen-bond acceptors (Lipinski definition) is 3. The zero-order valence-electron chi connectivity index (χ0n) is 8.53. The molecule has 6 nitrogen and oxygen atoms in total. The smallest absolute Gasteiger partial charge is 0.461 e. The molecule has 0 saturated carbocycles. The molecule has 0 aliphatic heterocycles. The number of anilines is 1. The number of carbonyl (C=O) groups is 1. The van der Waals surface area contributed by atoms with Crippen LogP contribution in [-0.4, -0.2) is 16.2 Å². The Balaban J connectivity index is 3.03. The largest absolute Gasteiger partial charge is 0.470 e. The van der Waals surface area contributed by atoms with Crippen molar-refractivity contribution in [1.29, 1.82) is 0 Å². The number of rotatable bonds is 3. The summed E-state index contributed by atoms with van der Waals surface area (Å²) in [6, 6.07) is 5.97. The summed E-state index contributed by atoms with van der Waals surface area (Å²) in [6.45, 7) is 1.84. The van der Waals surface area contributed by atoms with Crippen molar-refractivity contribution >= 4 is 17.9 Å². The SMILES string of the molecule is C/C=C/c1ccc(N(C(=O)O)[N+](=O)[O-])cc1. The third kappa shape index (κ3) is 2.57. The summed E-state index contributed by atoms with van der Waals surface area (Å²) in [5, 5.41) is 18.2. The van der Waals surface area contributed by atoms with Gasteiger partial charge in [0.1, 0.15) is 5.69 Å². The molecule has 1 aromatic rings. The van der Waals surface area contributed by atoms with E-state index in [1.807, 2.05) is 13.0 Å². The predicted molar refractivity (Wildman–Crippen MR) is 58.6 cm³/mol. The first-order chi connectivity index (χ1) is 7.56. The number of hydrogen-bond donors (Lipinski definition) is 1. The van der Waals surface area contributed by atoms with Crippen LogP contribution in [0.3, 0.4) is 0 Å². The summed E-state index contributed by atoms with van der Waals surface area (Å²) in [5.74, 6) is 0. The molecular weight excluding hydrogens is 212 g/mol. The molecule has 0 atom stereocenters. The number of benzene rings is 1. The van der Waals surface area contributed by atoms with Crippen LogP contribution in [-0.2, 0) is 0 Å². The Bertz CT molecular complexity index is 411. The second-order valence-electron chi connectivity index (χ2n) is 2.92.